The van der Waals surface area contributed by atoms with Gasteiger partial charge in [-0.2, -0.15) is 0 Å². The Labute approximate surface area is 132 Å². The van der Waals surface area contributed by atoms with E-state index < -0.39 is 0 Å². The van der Waals surface area contributed by atoms with Gasteiger partial charge in [-0.25, -0.2) is 0 Å². The van der Waals surface area contributed by atoms with Gasteiger partial charge in [0.25, 0.3) is 0 Å². The van der Waals surface area contributed by atoms with Gasteiger partial charge in [0.2, 0.25) is 0 Å². The van der Waals surface area contributed by atoms with Gasteiger partial charge in [0.15, 0.2) is 0 Å². The molecule has 0 saturated carbocycles. The summed E-state index contributed by atoms with van der Waals surface area (Å²) in [5.41, 5.74) is 0.840. The number of carbonyl (C=O) groups is 1. The first-order valence-electron chi connectivity index (χ1n) is 7.59. The minimum absolute atomic E-state index is 0.253. The van der Waals surface area contributed by atoms with Crippen molar-refractivity contribution in [2.24, 2.45) is 0 Å². The van der Waals surface area contributed by atoms with Crippen LogP contribution in [0.15, 0.2) is 18.2 Å². The quantitative estimate of drug-likeness (QED) is 0.467. The molecule has 0 radical (unpaired) electrons. The van der Waals surface area contributed by atoms with Crippen molar-refractivity contribution in [1.82, 2.24) is 0 Å². The third-order valence-corrected chi connectivity index (χ3v) is 4.34. The minimum Gasteiger partial charge on any atom is -0.299 e. The van der Waals surface area contributed by atoms with E-state index in [0.29, 0.717) is 22.9 Å². The van der Waals surface area contributed by atoms with E-state index in [2.05, 4.69) is 6.92 Å². The van der Waals surface area contributed by atoms with E-state index >= 15 is 0 Å². The van der Waals surface area contributed by atoms with Crippen LogP contribution in [0.5, 0.6) is 0 Å². The lowest BCUT2D eigenvalue weighted by molar-refractivity contribution is -0.118. The fourth-order valence-corrected chi connectivity index (χ4v) is 2.65. The van der Waals surface area contributed by atoms with Crippen LogP contribution in [0, 0.1) is 0 Å². The zero-order chi connectivity index (χ0) is 14.8. The third-order valence-electron chi connectivity index (χ3n) is 3.48. The fourth-order valence-electron chi connectivity index (χ4n) is 2.27. The van der Waals surface area contributed by atoms with E-state index in [0.717, 1.165) is 18.4 Å². The van der Waals surface area contributed by atoms with Crippen LogP contribution in [0.3, 0.4) is 0 Å². The molecule has 0 spiro atoms. The number of carbonyl (C=O) groups excluding carboxylic acids is 1. The molecule has 0 aliphatic carbocycles. The molecule has 112 valence electrons. The highest BCUT2D eigenvalue weighted by atomic mass is 35.5. The lowest BCUT2D eigenvalue weighted by Gasteiger charge is -2.05. The van der Waals surface area contributed by atoms with Gasteiger partial charge in [0, 0.05) is 12.8 Å². The Morgan fingerprint density at radius 3 is 2.35 bits per heavy atom. The summed E-state index contributed by atoms with van der Waals surface area (Å²) in [6.07, 6.45) is 9.65. The van der Waals surface area contributed by atoms with E-state index in [-0.39, 0.29) is 5.78 Å². The van der Waals surface area contributed by atoms with Gasteiger partial charge in [-0.1, -0.05) is 80.8 Å². The summed E-state index contributed by atoms with van der Waals surface area (Å²) in [6.45, 7) is 2.22. The molecule has 1 nitrogen and oxygen atoms in total. The second-order valence-electron chi connectivity index (χ2n) is 5.30. The summed E-state index contributed by atoms with van der Waals surface area (Å²) in [5.74, 6) is 0.253. The second-order valence-corrected chi connectivity index (χ2v) is 6.08. The molecule has 0 unspecified atom stereocenters. The number of benzene rings is 1. The maximum Gasteiger partial charge on any atom is 0.137 e. The molecule has 0 N–H and O–H groups in total. The molecule has 20 heavy (non-hydrogen) atoms. The zero-order valence-corrected chi connectivity index (χ0v) is 13.8. The summed E-state index contributed by atoms with van der Waals surface area (Å²) in [7, 11) is 0. The van der Waals surface area contributed by atoms with E-state index in [1.165, 1.54) is 32.1 Å². The predicted molar refractivity (Wildman–Crippen MR) is 87.8 cm³/mol. The lowest BCUT2D eigenvalue weighted by atomic mass is 10.0. The summed E-state index contributed by atoms with van der Waals surface area (Å²) in [6, 6.07) is 5.45. The topological polar surface area (TPSA) is 17.1 Å². The molecule has 1 aromatic rings. The van der Waals surface area contributed by atoms with Crippen molar-refractivity contribution in [1.29, 1.82) is 0 Å². The third kappa shape index (κ3) is 6.76. The first-order valence-corrected chi connectivity index (χ1v) is 8.35. The number of ketones is 1. The highest BCUT2D eigenvalue weighted by molar-refractivity contribution is 6.42. The van der Waals surface area contributed by atoms with Gasteiger partial charge in [-0.05, 0) is 18.1 Å². The molecule has 0 aliphatic rings. The Morgan fingerprint density at radius 1 is 1.00 bits per heavy atom. The minimum atomic E-state index is 0.253. The van der Waals surface area contributed by atoms with Crippen molar-refractivity contribution in [3.8, 4) is 0 Å². The Morgan fingerprint density at radius 2 is 1.65 bits per heavy atom. The molecule has 1 rings (SSSR count). The summed E-state index contributed by atoms with van der Waals surface area (Å²) in [5, 5.41) is 1.04. The molecule has 1 aromatic carbocycles. The van der Waals surface area contributed by atoms with Crippen LogP contribution in [-0.4, -0.2) is 5.78 Å². The van der Waals surface area contributed by atoms with Crippen molar-refractivity contribution < 1.29 is 4.79 Å². The molecule has 0 fully saturated rings. The van der Waals surface area contributed by atoms with E-state index in [4.69, 9.17) is 23.2 Å². The van der Waals surface area contributed by atoms with Crippen LogP contribution in [0.2, 0.25) is 10.0 Å². The molecule has 0 bridgehead atoms. The van der Waals surface area contributed by atoms with Crippen molar-refractivity contribution in [2.75, 3.05) is 0 Å². The first-order chi connectivity index (χ1) is 9.65. The monoisotopic (exact) mass is 314 g/mol. The number of halogens is 2. The number of hydrogen-bond donors (Lipinski definition) is 0. The van der Waals surface area contributed by atoms with Crippen LogP contribution >= 0.6 is 23.2 Å². The van der Waals surface area contributed by atoms with Crippen molar-refractivity contribution in [3.05, 3.63) is 33.8 Å². The number of unbranched alkanes of at least 4 members (excludes halogenated alkanes) is 6. The van der Waals surface area contributed by atoms with Crippen LogP contribution in [0.1, 0.15) is 63.9 Å². The number of Topliss-reactive ketones (excluding diaryl/α,β-unsaturated/α-hetero) is 1. The number of rotatable bonds is 10. The predicted octanol–water partition coefficient (Wildman–Crippen LogP) is 6.25. The Balaban J connectivity index is 2.19. The van der Waals surface area contributed by atoms with Gasteiger partial charge in [-0.15, -0.1) is 0 Å². The SMILES string of the molecule is CCCCCCCCCC(=O)Cc1cccc(Cl)c1Cl. The molecular formula is C17H24Cl2O. The highest BCUT2D eigenvalue weighted by Gasteiger charge is 2.09. The molecule has 3 heteroatoms. The summed E-state index contributed by atoms with van der Waals surface area (Å²) < 4.78 is 0. The van der Waals surface area contributed by atoms with Crippen LogP contribution in [0.4, 0.5) is 0 Å². The Hall–Kier alpha value is -0.530. The second kappa shape index (κ2) is 10.2. The average Bonchev–Trinajstić information content (AvgIpc) is 2.43. The van der Waals surface area contributed by atoms with Crippen molar-refractivity contribution in [2.45, 2.75) is 64.7 Å². The fraction of sp³-hybridized carbons (Fsp3) is 0.588. The molecule has 0 heterocycles. The van der Waals surface area contributed by atoms with E-state index in [1.807, 2.05) is 12.1 Å². The number of hydrogen-bond acceptors (Lipinski definition) is 1. The van der Waals surface area contributed by atoms with Crippen LogP contribution in [0.25, 0.3) is 0 Å². The van der Waals surface area contributed by atoms with Gasteiger partial charge in [-0.3, -0.25) is 4.79 Å². The van der Waals surface area contributed by atoms with Gasteiger partial charge in [0.05, 0.1) is 10.0 Å². The average molecular weight is 315 g/mol. The molecule has 0 aromatic heterocycles. The van der Waals surface area contributed by atoms with Gasteiger partial charge in [0.1, 0.15) is 5.78 Å². The zero-order valence-electron chi connectivity index (χ0n) is 12.3. The standard InChI is InChI=1S/C17H24Cl2O/c1-2-3-4-5-6-7-8-11-15(20)13-14-10-9-12-16(18)17(14)19/h9-10,12H,2-8,11,13H2,1H3. The van der Waals surface area contributed by atoms with Crippen molar-refractivity contribution in [3.63, 3.8) is 0 Å². The molecule has 0 atom stereocenters. The largest absolute Gasteiger partial charge is 0.299 e. The van der Waals surface area contributed by atoms with E-state index in [9.17, 15) is 4.79 Å². The Kier molecular flexibility index (Phi) is 8.97. The van der Waals surface area contributed by atoms with Crippen LogP contribution < -0.4 is 0 Å². The highest BCUT2D eigenvalue weighted by Crippen LogP contribution is 2.26. The van der Waals surface area contributed by atoms with Crippen LogP contribution in [-0.2, 0) is 11.2 Å². The maximum absolute atomic E-state index is 11.9. The molecule has 0 amide bonds. The lowest BCUT2D eigenvalue weighted by Crippen LogP contribution is -2.03. The maximum atomic E-state index is 11.9. The van der Waals surface area contributed by atoms with Gasteiger partial charge >= 0.3 is 0 Å². The molecular weight excluding hydrogens is 291 g/mol. The van der Waals surface area contributed by atoms with Gasteiger partial charge < -0.3 is 0 Å². The van der Waals surface area contributed by atoms with Crippen molar-refractivity contribution >= 4 is 29.0 Å². The molecule has 0 saturated heterocycles. The summed E-state index contributed by atoms with van der Waals surface area (Å²) >= 11 is 12.0. The normalized spacial score (nSPS) is 10.8. The first kappa shape index (κ1) is 17.5. The smallest absolute Gasteiger partial charge is 0.137 e. The summed E-state index contributed by atoms with van der Waals surface area (Å²) in [4.78, 5) is 11.9. The van der Waals surface area contributed by atoms with E-state index in [1.54, 1.807) is 6.07 Å². The molecule has 0 aliphatic heterocycles. The Bertz CT molecular complexity index is 415.